The summed E-state index contributed by atoms with van der Waals surface area (Å²) in [7, 11) is 2.15. The van der Waals surface area contributed by atoms with Gasteiger partial charge >= 0.3 is 0 Å². The van der Waals surface area contributed by atoms with Crippen LogP contribution in [-0.4, -0.2) is 44.0 Å². The van der Waals surface area contributed by atoms with Crippen molar-refractivity contribution in [3.05, 3.63) is 78.1 Å². The number of hydrogen-bond acceptors (Lipinski definition) is 4. The monoisotopic (exact) mass is 375 g/mol. The van der Waals surface area contributed by atoms with E-state index in [1.54, 1.807) is 0 Å². The minimum absolute atomic E-state index is 0.0948. The lowest BCUT2D eigenvalue weighted by atomic mass is 10.1. The molecule has 5 nitrogen and oxygen atoms in total. The summed E-state index contributed by atoms with van der Waals surface area (Å²) in [5.41, 5.74) is 2.86. The van der Waals surface area contributed by atoms with Crippen molar-refractivity contribution in [1.29, 1.82) is 0 Å². The number of benzene rings is 2. The Morgan fingerprint density at radius 3 is 2.36 bits per heavy atom. The Morgan fingerprint density at radius 1 is 0.929 bits per heavy atom. The first kappa shape index (κ1) is 18.3. The Hall–Kier alpha value is -3.05. The zero-order chi connectivity index (χ0) is 19.3. The smallest absolute Gasteiger partial charge is 0.251 e. The number of amides is 1. The Balaban J connectivity index is 1.33. The van der Waals surface area contributed by atoms with Gasteiger partial charge < -0.3 is 19.5 Å². The summed E-state index contributed by atoms with van der Waals surface area (Å²) in [5, 5.41) is 2.93. The van der Waals surface area contributed by atoms with Crippen molar-refractivity contribution in [2.24, 2.45) is 0 Å². The number of nitrogens with zero attached hydrogens (tertiary/aromatic N) is 2. The lowest BCUT2D eigenvalue weighted by Gasteiger charge is -2.34. The molecule has 1 aliphatic heterocycles. The summed E-state index contributed by atoms with van der Waals surface area (Å²) in [4.78, 5) is 17.1. The van der Waals surface area contributed by atoms with Crippen LogP contribution < -0.4 is 10.2 Å². The number of anilines is 1. The zero-order valence-corrected chi connectivity index (χ0v) is 16.1. The second-order valence-electron chi connectivity index (χ2n) is 7.15. The molecule has 1 N–H and O–H groups in total. The first-order valence-corrected chi connectivity index (χ1v) is 9.65. The van der Waals surface area contributed by atoms with E-state index in [-0.39, 0.29) is 5.91 Å². The van der Waals surface area contributed by atoms with Crippen molar-refractivity contribution in [3.63, 3.8) is 0 Å². The molecule has 2 heterocycles. The van der Waals surface area contributed by atoms with Crippen LogP contribution in [0, 0.1) is 0 Å². The van der Waals surface area contributed by atoms with Gasteiger partial charge in [0.15, 0.2) is 0 Å². The zero-order valence-electron chi connectivity index (χ0n) is 16.1. The molecule has 2 aromatic carbocycles. The molecule has 1 aromatic heterocycles. The summed E-state index contributed by atoms with van der Waals surface area (Å²) in [6.07, 6.45) is 0. The molecule has 5 heteroatoms. The number of piperazine rings is 1. The predicted octanol–water partition coefficient (Wildman–Crippen LogP) is 3.63. The molecule has 0 spiro atoms. The van der Waals surface area contributed by atoms with E-state index in [4.69, 9.17) is 4.42 Å². The Labute approximate surface area is 165 Å². The SMILES string of the molecule is CN1CCN(c2ccc(C(=O)NCc3ccc(-c4ccccc4)o3)cc2)CC1. The first-order valence-electron chi connectivity index (χ1n) is 9.65. The molecule has 4 rings (SSSR count). The van der Waals surface area contributed by atoms with Crippen LogP contribution >= 0.6 is 0 Å². The van der Waals surface area contributed by atoms with Gasteiger partial charge in [0.2, 0.25) is 0 Å². The Bertz CT molecular complexity index is 911. The molecule has 144 valence electrons. The van der Waals surface area contributed by atoms with Crippen molar-refractivity contribution in [3.8, 4) is 11.3 Å². The fraction of sp³-hybridized carbons (Fsp3) is 0.261. The maximum atomic E-state index is 12.5. The van der Waals surface area contributed by atoms with Gasteiger partial charge in [-0.1, -0.05) is 30.3 Å². The number of furan rings is 1. The highest BCUT2D eigenvalue weighted by Crippen LogP contribution is 2.22. The fourth-order valence-electron chi connectivity index (χ4n) is 3.39. The van der Waals surface area contributed by atoms with Gasteiger partial charge in [-0.05, 0) is 43.4 Å². The van der Waals surface area contributed by atoms with E-state index >= 15 is 0 Å². The Kier molecular flexibility index (Phi) is 5.44. The third-order valence-corrected chi connectivity index (χ3v) is 5.14. The summed E-state index contributed by atoms with van der Waals surface area (Å²) in [5.74, 6) is 1.45. The van der Waals surface area contributed by atoms with E-state index in [0.29, 0.717) is 12.1 Å². The summed E-state index contributed by atoms with van der Waals surface area (Å²) >= 11 is 0. The quantitative estimate of drug-likeness (QED) is 0.740. The molecule has 0 unspecified atom stereocenters. The average Bonchev–Trinajstić information content (AvgIpc) is 3.22. The van der Waals surface area contributed by atoms with Gasteiger partial charge in [-0.15, -0.1) is 0 Å². The van der Waals surface area contributed by atoms with E-state index in [9.17, 15) is 4.79 Å². The second-order valence-corrected chi connectivity index (χ2v) is 7.15. The number of nitrogens with one attached hydrogen (secondary N) is 1. The standard InChI is InChI=1S/C23H25N3O2/c1-25-13-15-26(16-14-25)20-9-7-19(8-10-20)23(27)24-17-21-11-12-22(28-21)18-5-3-2-4-6-18/h2-12H,13-17H2,1H3,(H,24,27). The number of carbonyl (C=O) groups is 1. The van der Waals surface area contributed by atoms with Gasteiger partial charge in [-0.25, -0.2) is 0 Å². The lowest BCUT2D eigenvalue weighted by molar-refractivity contribution is 0.0948. The van der Waals surface area contributed by atoms with Crippen LogP contribution in [0.5, 0.6) is 0 Å². The van der Waals surface area contributed by atoms with Crippen LogP contribution in [-0.2, 0) is 6.54 Å². The van der Waals surface area contributed by atoms with E-state index < -0.39 is 0 Å². The molecular weight excluding hydrogens is 350 g/mol. The van der Waals surface area contributed by atoms with Crippen LogP contribution in [0.4, 0.5) is 5.69 Å². The van der Waals surface area contributed by atoms with E-state index in [1.807, 2.05) is 66.7 Å². The maximum absolute atomic E-state index is 12.5. The summed E-state index contributed by atoms with van der Waals surface area (Å²) in [6, 6.07) is 21.6. The molecule has 0 aliphatic carbocycles. The fourth-order valence-corrected chi connectivity index (χ4v) is 3.39. The molecular formula is C23H25N3O2. The lowest BCUT2D eigenvalue weighted by Crippen LogP contribution is -2.44. The third-order valence-electron chi connectivity index (χ3n) is 5.14. The molecule has 1 amide bonds. The van der Waals surface area contributed by atoms with E-state index in [1.165, 1.54) is 5.69 Å². The molecule has 0 bridgehead atoms. The van der Waals surface area contributed by atoms with Gasteiger partial charge in [0.25, 0.3) is 5.91 Å². The molecule has 1 aliphatic rings. The van der Waals surface area contributed by atoms with Crippen molar-refractivity contribution < 1.29 is 9.21 Å². The normalized spacial score (nSPS) is 14.8. The van der Waals surface area contributed by atoms with Gasteiger partial charge in [0.05, 0.1) is 6.54 Å². The molecule has 0 radical (unpaired) electrons. The van der Waals surface area contributed by atoms with Crippen molar-refractivity contribution in [2.45, 2.75) is 6.54 Å². The molecule has 0 saturated carbocycles. The molecule has 1 saturated heterocycles. The highest BCUT2D eigenvalue weighted by Gasteiger charge is 2.15. The van der Waals surface area contributed by atoms with Crippen molar-refractivity contribution >= 4 is 11.6 Å². The largest absolute Gasteiger partial charge is 0.459 e. The second kappa shape index (κ2) is 8.31. The van der Waals surface area contributed by atoms with Gasteiger partial charge in [0.1, 0.15) is 11.5 Å². The van der Waals surface area contributed by atoms with Crippen molar-refractivity contribution in [2.75, 3.05) is 38.1 Å². The highest BCUT2D eigenvalue weighted by molar-refractivity contribution is 5.94. The van der Waals surface area contributed by atoms with Crippen LogP contribution in [0.2, 0.25) is 0 Å². The molecule has 28 heavy (non-hydrogen) atoms. The molecule has 3 aromatic rings. The summed E-state index contributed by atoms with van der Waals surface area (Å²) < 4.78 is 5.84. The molecule has 0 atom stereocenters. The first-order chi connectivity index (χ1) is 13.7. The van der Waals surface area contributed by atoms with Gasteiger partial charge in [0, 0.05) is 43.0 Å². The highest BCUT2D eigenvalue weighted by atomic mass is 16.3. The topological polar surface area (TPSA) is 48.7 Å². The number of likely N-dealkylation sites (N-methyl/N-ethyl adjacent to an activating group) is 1. The maximum Gasteiger partial charge on any atom is 0.251 e. The minimum Gasteiger partial charge on any atom is -0.459 e. The van der Waals surface area contributed by atoms with Crippen molar-refractivity contribution in [1.82, 2.24) is 10.2 Å². The summed E-state index contributed by atoms with van der Waals surface area (Å²) in [6.45, 7) is 4.53. The van der Waals surface area contributed by atoms with Crippen LogP contribution in [0.25, 0.3) is 11.3 Å². The van der Waals surface area contributed by atoms with Crippen LogP contribution in [0.1, 0.15) is 16.1 Å². The van der Waals surface area contributed by atoms with Crippen LogP contribution in [0.15, 0.2) is 71.1 Å². The van der Waals surface area contributed by atoms with E-state index in [2.05, 4.69) is 22.2 Å². The Morgan fingerprint density at radius 2 is 1.64 bits per heavy atom. The number of carbonyl (C=O) groups excluding carboxylic acids is 1. The molecule has 1 fully saturated rings. The van der Waals surface area contributed by atoms with Crippen LogP contribution in [0.3, 0.4) is 0 Å². The van der Waals surface area contributed by atoms with E-state index in [0.717, 1.165) is 43.3 Å². The predicted molar refractivity (Wildman–Crippen MR) is 111 cm³/mol. The van der Waals surface area contributed by atoms with Gasteiger partial charge in [-0.3, -0.25) is 4.79 Å². The minimum atomic E-state index is -0.0948. The number of rotatable bonds is 5. The average molecular weight is 375 g/mol. The third kappa shape index (κ3) is 4.26. The van der Waals surface area contributed by atoms with Gasteiger partial charge in [-0.2, -0.15) is 0 Å². The number of hydrogen-bond donors (Lipinski definition) is 1.